The van der Waals surface area contributed by atoms with Gasteiger partial charge in [0.25, 0.3) is 0 Å². The van der Waals surface area contributed by atoms with Crippen molar-refractivity contribution in [2.45, 2.75) is 111 Å². The normalized spacial score (nSPS) is 13.6. The van der Waals surface area contributed by atoms with Crippen molar-refractivity contribution >= 4 is 110 Å². The van der Waals surface area contributed by atoms with E-state index in [1.807, 2.05) is 218 Å². The summed E-state index contributed by atoms with van der Waals surface area (Å²) in [5.41, 5.74) is 37.0. The lowest BCUT2D eigenvalue weighted by Gasteiger charge is -2.10. The molecule has 716 valence electrons. The smallest absolute Gasteiger partial charge is 0.216 e. The maximum absolute atomic E-state index is 8.95. The lowest BCUT2D eigenvalue weighted by Crippen LogP contribution is -2.31. The van der Waals surface area contributed by atoms with Gasteiger partial charge in [-0.25, -0.2) is 22.8 Å². The summed E-state index contributed by atoms with van der Waals surface area (Å²) < 4.78 is 197. The first-order chi connectivity index (χ1) is 78.5. The molecule has 10 nitrogen and oxygen atoms in total. The van der Waals surface area contributed by atoms with E-state index < -0.39 is 32.2 Å². The van der Waals surface area contributed by atoms with Crippen molar-refractivity contribution in [2.75, 3.05) is 0 Å². The standard InChI is InChI=1S/C28H26NO.4C27H24NO/c1-17-15-25(29(5)16-19(17)3)26-20(4)18(2)14-24-23-13-9-12-22(27(23)30-28(24)26)21-10-7-6-8-11-21;2*1-17-13-14-24(28(4)16-17)25-19(3)18(2)15-23-22-12-8-11-21(26(22)29-27(23)25)20-9-6-5-7-10-20;2*1-17-13-14-28(4)24(15-17)25-19(3)18(2)16-23-22-12-8-11-21(26(22)29-27(23)25)20-9-6-5-7-10-20/h6-16H,1-5H3;4*5-16H,1-4H3/q5*+1/i3D3,15D,16D;1D3,13D,14D,16D;1D3,16D;13D,14D,15D;14D. The Labute approximate surface area is 881 Å². The topological polar surface area (TPSA) is 85.1 Å². The van der Waals surface area contributed by atoms with E-state index in [1.165, 1.54) is 26.3 Å². The predicted octanol–water partition coefficient (Wildman–Crippen LogP) is 33.7. The summed E-state index contributed by atoms with van der Waals surface area (Å²) in [5.74, 6) is 0. The van der Waals surface area contributed by atoms with E-state index >= 15 is 0 Å². The monoisotopic (exact) mass is 1920 g/mol. The van der Waals surface area contributed by atoms with Gasteiger partial charge in [-0.05, 0) is 253 Å². The van der Waals surface area contributed by atoms with E-state index in [1.54, 1.807) is 57.2 Å². The van der Waals surface area contributed by atoms with E-state index in [-0.39, 0.29) is 60.0 Å². The average Bonchev–Trinajstić information content (AvgIpc) is 1.59. The highest BCUT2D eigenvalue weighted by Crippen LogP contribution is 2.49. The molecule has 0 aliphatic heterocycles. The first kappa shape index (κ1) is 74.9. The molecule has 0 radical (unpaired) electrons. The molecule has 0 spiro atoms. The SMILES string of the molecule is [2H]c1c(C([2H])([2H])[2H])ccc(-c2c(C)c(C)cc3c2oc2c(-c4ccccc4)cccc23)[n+]1C.[2H]c1c(C)c(C([2H])([2H])[2H])c([2H])[n+](C)c1-c1c(C)c(C)cc2c1oc1c(-c3ccccc3)cccc12.[2H]c1c(C)c([2H])c(-c2c(C)c(C)cc3c2oc2c(-c4ccccc4)cccc23)[n+](C)c1[2H].[2H]c1c([2H])c(-c2c(C)c(C)cc3c2oc2c(-c4ccccc4)cccc23)[n+](C)c([2H])c1C([2H])([2H])[2H].[2H]c1cc(C)cc(-c2c(C)c(C)cc3c2oc2c(-c4ccccc4)cccc23)[n+]1C. The highest BCUT2D eigenvalue weighted by molar-refractivity contribution is 6.19. The lowest BCUT2D eigenvalue weighted by molar-refractivity contribution is -0.660. The molecular weight excluding hydrogens is 1780 g/mol. The number of nitrogens with zero attached hydrogens (tertiary/aromatic N) is 5. The molecule has 0 saturated carbocycles. The van der Waals surface area contributed by atoms with Gasteiger partial charge in [-0.1, -0.05) is 243 Å². The van der Waals surface area contributed by atoms with Crippen LogP contribution in [0.15, 0.2) is 380 Å². The van der Waals surface area contributed by atoms with Gasteiger partial charge >= 0.3 is 0 Å². The lowest BCUT2D eigenvalue weighted by atomic mass is 9.95. The molecule has 10 heteroatoms. The number of hydrogen-bond donors (Lipinski definition) is 0. The molecule has 0 aliphatic carbocycles. The highest BCUT2D eigenvalue weighted by atomic mass is 16.3. The Morgan fingerprint density at radius 1 is 0.199 bits per heavy atom. The van der Waals surface area contributed by atoms with Crippen LogP contribution in [0.4, 0.5) is 0 Å². The van der Waals surface area contributed by atoms with Crippen molar-refractivity contribution in [3.8, 4) is 112 Å². The van der Waals surface area contributed by atoms with Crippen LogP contribution >= 0.6 is 0 Å². The Hall–Kier alpha value is -17.0. The van der Waals surface area contributed by atoms with Crippen LogP contribution in [0.2, 0.25) is 0 Å². The molecule has 146 heavy (non-hydrogen) atoms. The van der Waals surface area contributed by atoms with E-state index in [4.69, 9.17) is 48.1 Å². The third kappa shape index (κ3) is 17.4. The molecule has 0 fully saturated rings. The summed E-state index contributed by atoms with van der Waals surface area (Å²) in [7, 11) is 8.65. The molecule has 10 aromatic heterocycles. The molecule has 0 N–H and O–H groups in total. The second-order valence-corrected chi connectivity index (χ2v) is 38.2. The number of pyridine rings is 5. The first-order valence-electron chi connectivity index (χ1n) is 58.5. The fourth-order valence-electron chi connectivity index (χ4n) is 20.5. The largest absolute Gasteiger partial charge is 0.454 e. The van der Waals surface area contributed by atoms with E-state index in [2.05, 4.69) is 155 Å². The molecule has 0 aliphatic rings. The summed E-state index contributed by atoms with van der Waals surface area (Å²) in [6.07, 6.45) is 0.117. The van der Waals surface area contributed by atoms with Gasteiger partial charge < -0.3 is 22.1 Å². The zero-order valence-electron chi connectivity index (χ0n) is 104. The molecule has 0 unspecified atom stereocenters. The van der Waals surface area contributed by atoms with Gasteiger partial charge in [0, 0.05) is 153 Å². The summed E-state index contributed by atoms with van der Waals surface area (Å²) in [6.45, 7) is 18.3. The Bertz CT molecular complexity index is 10200. The van der Waals surface area contributed by atoms with Crippen molar-refractivity contribution < 1.29 is 71.0 Å². The molecule has 25 rings (SSSR count). The number of fused-ring (bicyclic) bond motifs is 15. The van der Waals surface area contributed by atoms with E-state index in [9.17, 15) is 0 Å². The molecule has 0 atom stereocenters. The second-order valence-electron chi connectivity index (χ2n) is 38.2. The number of aromatic nitrogens is 5. The zero-order valence-corrected chi connectivity index (χ0v) is 85.1. The van der Waals surface area contributed by atoms with Crippen molar-refractivity contribution in [1.29, 1.82) is 0 Å². The van der Waals surface area contributed by atoms with Crippen LogP contribution in [0, 0.1) is 111 Å². The second kappa shape index (κ2) is 39.1. The summed E-state index contributed by atoms with van der Waals surface area (Å²) in [5, 5.41) is 10.0. The Morgan fingerprint density at radius 3 is 0.842 bits per heavy atom. The minimum absolute atomic E-state index is 0.0253. The molecule has 0 saturated heterocycles. The number of rotatable bonds is 10. The van der Waals surface area contributed by atoms with Gasteiger partial charge in [-0.3, -0.25) is 0 Å². The van der Waals surface area contributed by atoms with Crippen LogP contribution in [-0.2, 0) is 35.2 Å². The highest BCUT2D eigenvalue weighted by Gasteiger charge is 2.32. The number of aryl methyl sites for hydroxylation is 7. The third-order valence-corrected chi connectivity index (χ3v) is 28.7. The fraction of sp³-hybridized carbons (Fsp3) is 0.154. The average molecular weight is 1930 g/mol. The number of benzene rings is 15. The van der Waals surface area contributed by atoms with Gasteiger partial charge in [0.2, 0.25) is 28.5 Å². The minimum Gasteiger partial charge on any atom is -0.454 e. The molecule has 15 aromatic carbocycles. The number of hydrogen-bond acceptors (Lipinski definition) is 5. The minimum atomic E-state index is -2.67. The van der Waals surface area contributed by atoms with Gasteiger partial charge in [0.05, 0.1) is 34.7 Å². The van der Waals surface area contributed by atoms with Crippen molar-refractivity contribution in [2.24, 2.45) is 35.2 Å². The van der Waals surface area contributed by atoms with Crippen LogP contribution in [0.5, 0.6) is 0 Å². The molecule has 0 bridgehead atoms. The van der Waals surface area contributed by atoms with Gasteiger partial charge in [-0.15, -0.1) is 0 Å². The van der Waals surface area contributed by atoms with Gasteiger partial charge in [0.15, 0.2) is 30.9 Å². The van der Waals surface area contributed by atoms with Crippen LogP contribution < -0.4 is 22.8 Å². The predicted molar refractivity (Wildman–Crippen MR) is 605 cm³/mol. The maximum atomic E-state index is 8.95. The van der Waals surface area contributed by atoms with Gasteiger partial charge in [-0.2, -0.15) is 0 Å². The van der Waals surface area contributed by atoms with Crippen LogP contribution in [0.1, 0.15) is 115 Å². The summed E-state index contributed by atoms with van der Waals surface area (Å²) in [4.78, 5) is 0. The van der Waals surface area contributed by atoms with Crippen LogP contribution in [0.25, 0.3) is 222 Å². The fourth-order valence-corrected chi connectivity index (χ4v) is 20.5. The Kier molecular flexibility index (Phi) is 20.0. The van der Waals surface area contributed by atoms with Crippen molar-refractivity contribution in [3.05, 3.63) is 447 Å². The van der Waals surface area contributed by atoms with Crippen molar-refractivity contribution in [1.82, 2.24) is 0 Å². The quantitative estimate of drug-likeness (QED) is 0.127. The maximum Gasteiger partial charge on any atom is 0.216 e. The molecule has 25 aromatic rings. The summed E-state index contributed by atoms with van der Waals surface area (Å²) >= 11 is 0. The number of furan rings is 5. The van der Waals surface area contributed by atoms with E-state index in [0.29, 0.717) is 62.3 Å². The van der Waals surface area contributed by atoms with E-state index in [0.717, 1.165) is 227 Å². The Balaban J connectivity index is 0.000000118. The Morgan fingerprint density at radius 2 is 0.500 bits per heavy atom. The third-order valence-electron chi connectivity index (χ3n) is 28.7. The molecule has 0 amide bonds. The molecular formula is C136H122N5O5+5. The van der Waals surface area contributed by atoms with Crippen LogP contribution in [0.3, 0.4) is 0 Å². The zero-order chi connectivity index (χ0) is 118. The summed E-state index contributed by atoms with van der Waals surface area (Å²) in [6, 6.07) is 99.3. The molecule has 10 heterocycles. The van der Waals surface area contributed by atoms with Crippen LogP contribution in [-0.4, -0.2) is 0 Å². The first-order valence-corrected chi connectivity index (χ1v) is 49.0. The van der Waals surface area contributed by atoms with Crippen molar-refractivity contribution in [3.63, 3.8) is 0 Å². The number of para-hydroxylation sites is 5. The van der Waals surface area contributed by atoms with Gasteiger partial charge in [0.1, 0.15) is 97.9 Å².